The maximum atomic E-state index is 9.44. The van der Waals surface area contributed by atoms with Crippen molar-refractivity contribution in [2.75, 3.05) is 13.2 Å². The molecule has 2 N–H and O–H groups in total. The average molecular weight is 229 g/mol. The first kappa shape index (κ1) is 12.6. The van der Waals surface area contributed by atoms with E-state index in [1.54, 1.807) is 11.3 Å². The van der Waals surface area contributed by atoms with Crippen LogP contribution in [0.2, 0.25) is 0 Å². The monoisotopic (exact) mass is 229 g/mol. The van der Waals surface area contributed by atoms with Gasteiger partial charge in [0.1, 0.15) is 0 Å². The first-order valence-corrected chi connectivity index (χ1v) is 5.99. The Hall–Kier alpha value is -0.450. The summed E-state index contributed by atoms with van der Waals surface area (Å²) in [5.41, 5.74) is -0.418. The van der Waals surface area contributed by atoms with Crippen LogP contribution in [0.5, 0.6) is 0 Å². The predicted octanol–water partition coefficient (Wildman–Crippen LogP) is 1.62. The zero-order chi connectivity index (χ0) is 11.5. The smallest absolute Gasteiger partial charge is 0.0896 e. The lowest BCUT2D eigenvalue weighted by molar-refractivity contribution is 0.0169. The molecule has 0 saturated carbocycles. The average Bonchev–Trinajstić information content (AvgIpc) is 2.60. The largest absolute Gasteiger partial charge is 0.396 e. The highest BCUT2D eigenvalue weighted by atomic mass is 32.1. The molecule has 1 rings (SSSR count). The molecule has 0 atom stereocenters. The molecule has 86 valence electrons. The van der Waals surface area contributed by atoms with Crippen LogP contribution in [0.25, 0.3) is 0 Å². The Labute approximate surface area is 94.8 Å². The Morgan fingerprint density at radius 2 is 2.00 bits per heavy atom. The quantitative estimate of drug-likeness (QED) is 0.806. The molecule has 0 radical (unpaired) electrons. The van der Waals surface area contributed by atoms with Gasteiger partial charge in [0.15, 0.2) is 0 Å². The van der Waals surface area contributed by atoms with Crippen molar-refractivity contribution in [1.82, 2.24) is 4.98 Å². The lowest BCUT2D eigenvalue weighted by atomic mass is 9.75. The van der Waals surface area contributed by atoms with Gasteiger partial charge in [-0.3, -0.25) is 0 Å². The molecule has 0 spiro atoms. The van der Waals surface area contributed by atoms with E-state index in [1.807, 2.05) is 27.0 Å². The van der Waals surface area contributed by atoms with Gasteiger partial charge in [-0.05, 0) is 19.3 Å². The topological polar surface area (TPSA) is 53.4 Å². The number of nitrogens with zero attached hydrogens (tertiary/aromatic N) is 1. The zero-order valence-corrected chi connectivity index (χ0v) is 10.3. The summed E-state index contributed by atoms with van der Waals surface area (Å²) < 4.78 is 0. The van der Waals surface area contributed by atoms with Gasteiger partial charge in [-0.1, -0.05) is 13.8 Å². The van der Waals surface area contributed by atoms with Crippen LogP contribution in [-0.2, 0) is 6.42 Å². The number of aliphatic hydroxyl groups excluding tert-OH is 2. The summed E-state index contributed by atoms with van der Waals surface area (Å²) in [5.74, 6) is 0.245. The van der Waals surface area contributed by atoms with E-state index >= 15 is 0 Å². The minimum Gasteiger partial charge on any atom is -0.396 e. The number of rotatable bonds is 5. The van der Waals surface area contributed by atoms with Crippen LogP contribution in [0.1, 0.15) is 23.7 Å². The van der Waals surface area contributed by atoms with E-state index in [9.17, 15) is 10.2 Å². The molecule has 0 bridgehead atoms. The second kappa shape index (κ2) is 5.05. The van der Waals surface area contributed by atoms with E-state index in [2.05, 4.69) is 4.98 Å². The van der Waals surface area contributed by atoms with E-state index < -0.39 is 5.41 Å². The fraction of sp³-hybridized carbons (Fsp3) is 0.727. The first-order valence-electron chi connectivity index (χ1n) is 5.17. The fourth-order valence-electron chi connectivity index (χ4n) is 1.57. The Bertz CT molecular complexity index is 305. The van der Waals surface area contributed by atoms with Crippen molar-refractivity contribution >= 4 is 11.3 Å². The van der Waals surface area contributed by atoms with E-state index in [1.165, 1.54) is 0 Å². The highest BCUT2D eigenvalue weighted by molar-refractivity contribution is 7.11. The van der Waals surface area contributed by atoms with Crippen LogP contribution in [0.4, 0.5) is 0 Å². The molecule has 4 heteroatoms. The SMILES string of the molecule is Cc1ncc(CC(CO)(CO)C(C)C)s1. The van der Waals surface area contributed by atoms with Gasteiger partial charge >= 0.3 is 0 Å². The van der Waals surface area contributed by atoms with Crippen LogP contribution < -0.4 is 0 Å². The van der Waals surface area contributed by atoms with E-state index in [0.717, 1.165) is 9.88 Å². The molecule has 3 nitrogen and oxygen atoms in total. The van der Waals surface area contributed by atoms with Crippen LogP contribution in [0, 0.1) is 18.3 Å². The third-order valence-electron chi connectivity index (χ3n) is 3.05. The van der Waals surface area contributed by atoms with Gasteiger partial charge in [-0.2, -0.15) is 0 Å². The number of thiazole rings is 1. The summed E-state index contributed by atoms with van der Waals surface area (Å²) in [4.78, 5) is 5.31. The van der Waals surface area contributed by atoms with E-state index in [-0.39, 0.29) is 19.1 Å². The van der Waals surface area contributed by atoms with Crippen LogP contribution in [-0.4, -0.2) is 28.4 Å². The van der Waals surface area contributed by atoms with Crippen LogP contribution in [0.15, 0.2) is 6.20 Å². The van der Waals surface area contributed by atoms with Crippen molar-refractivity contribution in [2.45, 2.75) is 27.2 Å². The summed E-state index contributed by atoms with van der Waals surface area (Å²) >= 11 is 1.63. The number of hydrogen-bond donors (Lipinski definition) is 2. The second-order valence-corrected chi connectivity index (χ2v) is 5.67. The third-order valence-corrected chi connectivity index (χ3v) is 3.96. The molecule has 1 aromatic heterocycles. The molecule has 0 saturated heterocycles. The fourth-order valence-corrected chi connectivity index (χ4v) is 2.52. The van der Waals surface area contributed by atoms with Gasteiger partial charge in [-0.25, -0.2) is 4.98 Å². The Morgan fingerprint density at radius 1 is 1.40 bits per heavy atom. The summed E-state index contributed by atoms with van der Waals surface area (Å²) in [6, 6.07) is 0. The maximum Gasteiger partial charge on any atom is 0.0896 e. The molecule has 15 heavy (non-hydrogen) atoms. The molecule has 0 aliphatic carbocycles. The summed E-state index contributed by atoms with van der Waals surface area (Å²) in [7, 11) is 0. The minimum absolute atomic E-state index is 0.0120. The summed E-state index contributed by atoms with van der Waals surface area (Å²) in [6.45, 7) is 6.04. The van der Waals surface area contributed by atoms with Crippen LogP contribution >= 0.6 is 11.3 Å². The number of aromatic nitrogens is 1. The van der Waals surface area contributed by atoms with Gasteiger partial charge < -0.3 is 10.2 Å². The van der Waals surface area contributed by atoms with Gasteiger partial charge in [0.05, 0.1) is 18.2 Å². The highest BCUT2D eigenvalue weighted by Gasteiger charge is 2.33. The first-order chi connectivity index (χ1) is 7.04. The molecule has 1 heterocycles. The highest BCUT2D eigenvalue weighted by Crippen LogP contribution is 2.32. The molecule has 0 aliphatic heterocycles. The minimum atomic E-state index is -0.418. The van der Waals surface area contributed by atoms with Crippen LogP contribution in [0.3, 0.4) is 0 Å². The predicted molar refractivity (Wildman–Crippen MR) is 62.0 cm³/mol. The van der Waals surface area contributed by atoms with Gasteiger partial charge in [-0.15, -0.1) is 11.3 Å². The zero-order valence-electron chi connectivity index (χ0n) is 9.53. The number of aliphatic hydroxyl groups is 2. The lowest BCUT2D eigenvalue weighted by Gasteiger charge is -2.33. The van der Waals surface area contributed by atoms with E-state index in [4.69, 9.17) is 0 Å². The Balaban J connectivity index is 2.83. The normalized spacial score (nSPS) is 12.4. The number of hydrogen-bond acceptors (Lipinski definition) is 4. The molecule has 0 aromatic carbocycles. The molecule has 0 unspecified atom stereocenters. The van der Waals surface area contributed by atoms with Crippen molar-refractivity contribution < 1.29 is 10.2 Å². The lowest BCUT2D eigenvalue weighted by Crippen LogP contribution is -2.37. The Morgan fingerprint density at radius 3 is 2.33 bits per heavy atom. The summed E-state index contributed by atoms with van der Waals surface area (Å²) in [6.07, 6.45) is 2.53. The van der Waals surface area contributed by atoms with Crippen molar-refractivity contribution in [1.29, 1.82) is 0 Å². The molecule has 0 aliphatic rings. The molecular weight excluding hydrogens is 210 g/mol. The van der Waals surface area contributed by atoms with Crippen molar-refractivity contribution in [3.63, 3.8) is 0 Å². The molecule has 0 fully saturated rings. The van der Waals surface area contributed by atoms with E-state index in [0.29, 0.717) is 6.42 Å². The Kier molecular flexibility index (Phi) is 4.25. The summed E-state index contributed by atoms with van der Waals surface area (Å²) in [5, 5.41) is 19.9. The van der Waals surface area contributed by atoms with Crippen molar-refractivity contribution in [3.8, 4) is 0 Å². The molecular formula is C11H19NO2S. The third kappa shape index (κ3) is 2.77. The van der Waals surface area contributed by atoms with Crippen molar-refractivity contribution in [2.24, 2.45) is 11.3 Å². The van der Waals surface area contributed by atoms with Crippen molar-refractivity contribution in [3.05, 3.63) is 16.1 Å². The molecule has 0 amide bonds. The molecule has 1 aromatic rings. The second-order valence-electron chi connectivity index (χ2n) is 4.36. The van der Waals surface area contributed by atoms with Gasteiger partial charge in [0.25, 0.3) is 0 Å². The van der Waals surface area contributed by atoms with Gasteiger partial charge in [0, 0.05) is 16.5 Å². The maximum absolute atomic E-state index is 9.44. The van der Waals surface area contributed by atoms with Gasteiger partial charge in [0.2, 0.25) is 0 Å². The standard InChI is InChI=1S/C11H19NO2S/c1-8(2)11(6-13,7-14)4-10-5-12-9(3)15-10/h5,8,13-14H,4,6-7H2,1-3H3. The number of aryl methyl sites for hydroxylation is 1.